The summed E-state index contributed by atoms with van der Waals surface area (Å²) < 4.78 is 5.21. The number of para-hydroxylation sites is 1. The van der Waals surface area contributed by atoms with Crippen molar-refractivity contribution < 1.29 is 4.74 Å². The molecule has 0 amide bonds. The van der Waals surface area contributed by atoms with Gasteiger partial charge in [-0.25, -0.2) is 0 Å². The smallest absolute Gasteiger partial charge is 0.0589 e. The van der Waals surface area contributed by atoms with E-state index in [2.05, 4.69) is 69.4 Å². The van der Waals surface area contributed by atoms with Crippen LogP contribution in [-0.4, -0.2) is 67.8 Å². The Kier molecular flexibility index (Phi) is 5.87. The molecule has 1 aliphatic rings. The van der Waals surface area contributed by atoms with E-state index in [-0.39, 0.29) is 0 Å². The third-order valence-electron chi connectivity index (χ3n) is 5.63. The number of rotatable bonds is 7. The van der Waals surface area contributed by atoms with Crippen molar-refractivity contribution in [2.75, 3.05) is 53.0 Å². The van der Waals surface area contributed by atoms with Crippen molar-refractivity contribution in [1.29, 1.82) is 0 Å². The SMILES string of the molecule is COCCN1CCN(CCc2c(-c3ccccc3)[nH]c3ccccc23)CC1. The Morgan fingerprint density at radius 2 is 1.52 bits per heavy atom. The molecule has 2 aromatic carbocycles. The highest BCUT2D eigenvalue weighted by Gasteiger charge is 2.18. The number of methoxy groups -OCH3 is 1. The number of aromatic nitrogens is 1. The fourth-order valence-corrected chi connectivity index (χ4v) is 4.04. The molecule has 1 N–H and O–H groups in total. The first-order valence-electron chi connectivity index (χ1n) is 9.94. The van der Waals surface area contributed by atoms with Gasteiger partial charge in [-0.05, 0) is 23.6 Å². The Balaban J connectivity index is 1.47. The molecule has 142 valence electrons. The molecule has 4 heteroatoms. The van der Waals surface area contributed by atoms with E-state index in [4.69, 9.17) is 4.74 Å². The molecule has 1 aliphatic heterocycles. The van der Waals surface area contributed by atoms with Crippen molar-refractivity contribution in [3.63, 3.8) is 0 Å². The van der Waals surface area contributed by atoms with E-state index >= 15 is 0 Å². The van der Waals surface area contributed by atoms with Crippen molar-refractivity contribution in [2.24, 2.45) is 0 Å². The predicted octanol–water partition coefficient (Wildman–Crippen LogP) is 3.64. The highest BCUT2D eigenvalue weighted by molar-refractivity contribution is 5.90. The maximum atomic E-state index is 5.21. The first kappa shape index (κ1) is 18.2. The number of ether oxygens (including phenoxy) is 1. The minimum atomic E-state index is 0.829. The zero-order valence-corrected chi connectivity index (χ0v) is 16.2. The number of piperazine rings is 1. The number of hydrogen-bond donors (Lipinski definition) is 1. The topological polar surface area (TPSA) is 31.5 Å². The van der Waals surface area contributed by atoms with Crippen LogP contribution in [0.15, 0.2) is 54.6 Å². The van der Waals surface area contributed by atoms with Crippen LogP contribution in [0, 0.1) is 0 Å². The summed E-state index contributed by atoms with van der Waals surface area (Å²) in [5.74, 6) is 0. The molecule has 0 aliphatic carbocycles. The third kappa shape index (κ3) is 4.24. The van der Waals surface area contributed by atoms with Gasteiger partial charge in [0.2, 0.25) is 0 Å². The quantitative estimate of drug-likeness (QED) is 0.695. The summed E-state index contributed by atoms with van der Waals surface area (Å²) in [5.41, 5.74) is 5.22. The van der Waals surface area contributed by atoms with Crippen LogP contribution >= 0.6 is 0 Å². The van der Waals surface area contributed by atoms with Crippen molar-refractivity contribution in [2.45, 2.75) is 6.42 Å². The lowest BCUT2D eigenvalue weighted by molar-refractivity contribution is 0.0976. The number of aromatic amines is 1. The highest BCUT2D eigenvalue weighted by Crippen LogP contribution is 2.30. The minimum absolute atomic E-state index is 0.829. The Morgan fingerprint density at radius 3 is 2.26 bits per heavy atom. The maximum Gasteiger partial charge on any atom is 0.0589 e. The lowest BCUT2D eigenvalue weighted by atomic mass is 10.0. The summed E-state index contributed by atoms with van der Waals surface area (Å²) in [6.07, 6.45) is 1.08. The van der Waals surface area contributed by atoms with Gasteiger partial charge in [-0.15, -0.1) is 0 Å². The normalized spacial score (nSPS) is 16.2. The first-order chi connectivity index (χ1) is 13.3. The van der Waals surface area contributed by atoms with Gasteiger partial charge in [0.25, 0.3) is 0 Å². The van der Waals surface area contributed by atoms with Crippen LogP contribution in [0.3, 0.4) is 0 Å². The van der Waals surface area contributed by atoms with E-state index in [0.717, 1.165) is 52.3 Å². The summed E-state index contributed by atoms with van der Waals surface area (Å²) in [6, 6.07) is 19.4. The average Bonchev–Trinajstić information content (AvgIpc) is 3.11. The summed E-state index contributed by atoms with van der Waals surface area (Å²) in [4.78, 5) is 8.76. The van der Waals surface area contributed by atoms with E-state index in [1.807, 2.05) is 0 Å². The van der Waals surface area contributed by atoms with E-state index in [9.17, 15) is 0 Å². The molecular weight excluding hydrogens is 334 g/mol. The molecule has 0 radical (unpaired) electrons. The molecule has 1 aromatic heterocycles. The molecule has 27 heavy (non-hydrogen) atoms. The maximum absolute atomic E-state index is 5.21. The van der Waals surface area contributed by atoms with Gasteiger partial charge in [-0.2, -0.15) is 0 Å². The van der Waals surface area contributed by atoms with Gasteiger partial charge < -0.3 is 14.6 Å². The third-order valence-corrected chi connectivity index (χ3v) is 5.63. The molecule has 0 unspecified atom stereocenters. The van der Waals surface area contributed by atoms with Crippen LogP contribution in [0.2, 0.25) is 0 Å². The Labute approximate surface area is 161 Å². The molecular formula is C23H29N3O. The molecule has 4 rings (SSSR count). The number of nitrogens with zero attached hydrogens (tertiary/aromatic N) is 2. The van der Waals surface area contributed by atoms with E-state index in [1.165, 1.54) is 27.7 Å². The average molecular weight is 364 g/mol. The van der Waals surface area contributed by atoms with E-state index in [1.54, 1.807) is 7.11 Å². The van der Waals surface area contributed by atoms with E-state index in [0.29, 0.717) is 0 Å². The van der Waals surface area contributed by atoms with Crippen LogP contribution in [0.1, 0.15) is 5.56 Å². The molecule has 0 atom stereocenters. The van der Waals surface area contributed by atoms with Gasteiger partial charge in [-0.1, -0.05) is 48.5 Å². The molecule has 1 fully saturated rings. The lowest BCUT2D eigenvalue weighted by Gasteiger charge is -2.34. The molecule has 2 heterocycles. The van der Waals surface area contributed by atoms with Crippen molar-refractivity contribution >= 4 is 10.9 Å². The van der Waals surface area contributed by atoms with Gasteiger partial charge in [0, 0.05) is 63.0 Å². The summed E-state index contributed by atoms with van der Waals surface area (Å²) in [5, 5.41) is 1.36. The van der Waals surface area contributed by atoms with Crippen LogP contribution in [-0.2, 0) is 11.2 Å². The Hall–Kier alpha value is -2.14. The number of fused-ring (bicyclic) bond motifs is 1. The zero-order chi connectivity index (χ0) is 18.5. The molecule has 0 saturated carbocycles. The fourth-order valence-electron chi connectivity index (χ4n) is 4.04. The second kappa shape index (κ2) is 8.70. The Bertz CT molecular complexity index is 850. The molecule has 0 bridgehead atoms. The number of hydrogen-bond acceptors (Lipinski definition) is 3. The zero-order valence-electron chi connectivity index (χ0n) is 16.2. The van der Waals surface area contributed by atoms with Gasteiger partial charge >= 0.3 is 0 Å². The van der Waals surface area contributed by atoms with Crippen molar-refractivity contribution in [3.05, 3.63) is 60.2 Å². The fraction of sp³-hybridized carbons (Fsp3) is 0.391. The van der Waals surface area contributed by atoms with Crippen LogP contribution in [0.4, 0.5) is 0 Å². The molecule has 0 spiro atoms. The highest BCUT2D eigenvalue weighted by atomic mass is 16.5. The monoisotopic (exact) mass is 363 g/mol. The first-order valence-corrected chi connectivity index (χ1v) is 9.94. The Morgan fingerprint density at radius 1 is 0.852 bits per heavy atom. The lowest BCUT2D eigenvalue weighted by Crippen LogP contribution is -2.47. The van der Waals surface area contributed by atoms with Crippen LogP contribution in [0.25, 0.3) is 22.2 Å². The summed E-state index contributed by atoms with van der Waals surface area (Å²) in [7, 11) is 1.78. The van der Waals surface area contributed by atoms with Crippen LogP contribution < -0.4 is 0 Å². The summed E-state index contributed by atoms with van der Waals surface area (Å²) >= 11 is 0. The second-order valence-corrected chi connectivity index (χ2v) is 7.32. The van der Waals surface area contributed by atoms with Crippen molar-refractivity contribution in [1.82, 2.24) is 14.8 Å². The number of benzene rings is 2. The van der Waals surface area contributed by atoms with Crippen LogP contribution in [0.5, 0.6) is 0 Å². The van der Waals surface area contributed by atoms with Gasteiger partial charge in [0.05, 0.1) is 6.61 Å². The van der Waals surface area contributed by atoms with Gasteiger partial charge in [0.1, 0.15) is 0 Å². The number of H-pyrrole nitrogens is 1. The predicted molar refractivity (Wildman–Crippen MR) is 112 cm³/mol. The largest absolute Gasteiger partial charge is 0.383 e. The van der Waals surface area contributed by atoms with Gasteiger partial charge in [0.15, 0.2) is 0 Å². The molecule has 4 nitrogen and oxygen atoms in total. The molecule has 3 aromatic rings. The van der Waals surface area contributed by atoms with Crippen molar-refractivity contribution in [3.8, 4) is 11.3 Å². The standard InChI is InChI=1S/C23H29N3O/c1-27-18-17-26-15-13-25(14-16-26)12-11-21-20-9-5-6-10-22(20)24-23(21)19-7-3-2-4-8-19/h2-10,24H,11-18H2,1H3. The summed E-state index contributed by atoms with van der Waals surface area (Å²) in [6.45, 7) is 7.56. The second-order valence-electron chi connectivity index (χ2n) is 7.32. The van der Waals surface area contributed by atoms with Gasteiger partial charge in [-0.3, -0.25) is 4.90 Å². The molecule has 1 saturated heterocycles. The minimum Gasteiger partial charge on any atom is -0.383 e. The van der Waals surface area contributed by atoms with E-state index < -0.39 is 0 Å². The number of nitrogens with one attached hydrogen (secondary N) is 1.